The molecule has 0 aliphatic carbocycles. The van der Waals surface area contributed by atoms with Gasteiger partial charge in [-0.2, -0.15) is 11.8 Å². The van der Waals surface area contributed by atoms with Gasteiger partial charge in [0.25, 0.3) is 0 Å². The van der Waals surface area contributed by atoms with E-state index in [2.05, 4.69) is 31.4 Å². The number of ether oxygens (including phenoxy) is 1. The third kappa shape index (κ3) is 34.5. The predicted molar refractivity (Wildman–Crippen MR) is 226 cm³/mol. The van der Waals surface area contributed by atoms with Crippen molar-refractivity contribution >= 4 is 29.5 Å². The Morgan fingerprint density at radius 2 is 1.00 bits per heavy atom. The second-order valence-corrected chi connectivity index (χ2v) is 16.8. The minimum Gasteiger partial charge on any atom is -0.466 e. The average Bonchev–Trinajstić information content (AvgIpc) is 3.12. The fourth-order valence-corrected chi connectivity index (χ4v) is 7.59. The summed E-state index contributed by atoms with van der Waals surface area (Å²) in [5, 5.41) is 6.24. The molecule has 2 amide bonds. The lowest BCUT2D eigenvalue weighted by Gasteiger charge is -2.23. The van der Waals surface area contributed by atoms with Crippen molar-refractivity contribution in [1.29, 1.82) is 0 Å². The maximum absolute atomic E-state index is 13.7. The van der Waals surface area contributed by atoms with Crippen LogP contribution in [0.5, 0.6) is 0 Å². The molecule has 0 radical (unpaired) electrons. The quantitative estimate of drug-likeness (QED) is 0.0478. The number of hydrogen-bond acceptors (Lipinski definition) is 6. The van der Waals surface area contributed by atoms with Crippen molar-refractivity contribution in [3.05, 3.63) is 0 Å². The molecule has 0 saturated heterocycles. The van der Waals surface area contributed by atoms with Crippen LogP contribution in [0.15, 0.2) is 0 Å². The van der Waals surface area contributed by atoms with E-state index in [0.717, 1.165) is 45.1 Å². The van der Waals surface area contributed by atoms with Crippen molar-refractivity contribution in [3.63, 3.8) is 0 Å². The van der Waals surface area contributed by atoms with Crippen molar-refractivity contribution in [2.75, 3.05) is 45.3 Å². The van der Waals surface area contributed by atoms with Gasteiger partial charge in [-0.25, -0.2) is 0 Å². The molecular formula is C44H87N3O4S. The fourth-order valence-electron chi connectivity index (χ4n) is 6.67. The molecule has 308 valence electrons. The van der Waals surface area contributed by atoms with E-state index in [1.165, 1.54) is 135 Å². The molecule has 2 unspecified atom stereocenters. The Labute approximate surface area is 327 Å². The van der Waals surface area contributed by atoms with Crippen LogP contribution in [0.1, 0.15) is 207 Å². The van der Waals surface area contributed by atoms with Crippen LogP contribution in [0.3, 0.4) is 0 Å². The van der Waals surface area contributed by atoms with E-state index < -0.39 is 6.04 Å². The number of hydrogen-bond donors (Lipinski definition) is 2. The second kappa shape index (κ2) is 39.4. The summed E-state index contributed by atoms with van der Waals surface area (Å²) in [5.41, 5.74) is 0. The molecule has 0 saturated carbocycles. The normalized spacial score (nSPS) is 12.6. The highest BCUT2D eigenvalue weighted by atomic mass is 32.2. The molecule has 7 nitrogen and oxygen atoms in total. The topological polar surface area (TPSA) is 87.7 Å². The maximum atomic E-state index is 13.7. The molecule has 8 heteroatoms. The zero-order valence-corrected chi connectivity index (χ0v) is 36.0. The van der Waals surface area contributed by atoms with Crippen LogP contribution in [-0.2, 0) is 19.1 Å². The molecule has 0 aromatic carbocycles. The summed E-state index contributed by atoms with van der Waals surface area (Å²) >= 11 is 1.66. The number of likely N-dealkylation sites (N-methyl/N-ethyl adjacent to an activating group) is 1. The molecule has 0 spiro atoms. The van der Waals surface area contributed by atoms with Crippen LogP contribution < -0.4 is 10.6 Å². The number of unbranched alkanes of at least 4 members (excludes halogenated alkanes) is 22. The Hall–Kier alpha value is -1.28. The largest absolute Gasteiger partial charge is 0.466 e. The molecule has 52 heavy (non-hydrogen) atoms. The number of carbonyl (C=O) groups excluding carboxylic acids is 3. The summed E-state index contributed by atoms with van der Waals surface area (Å²) in [6.07, 6.45) is 34.1. The van der Waals surface area contributed by atoms with Crippen LogP contribution in [0.2, 0.25) is 0 Å². The maximum Gasteiger partial charge on any atom is 0.306 e. The highest BCUT2D eigenvalue weighted by Crippen LogP contribution is 2.21. The Kier molecular flexibility index (Phi) is 38.4. The molecule has 0 aromatic heterocycles. The molecule has 0 aliphatic heterocycles. The average molecular weight is 754 g/mol. The first-order valence-electron chi connectivity index (χ1n) is 22.3. The van der Waals surface area contributed by atoms with Crippen LogP contribution >= 0.6 is 11.8 Å². The molecule has 0 fully saturated rings. The van der Waals surface area contributed by atoms with E-state index in [1.54, 1.807) is 11.8 Å². The lowest BCUT2D eigenvalue weighted by Crippen LogP contribution is -2.49. The minimum atomic E-state index is -0.555. The standard InChI is InChI=1S/C44H87N3O4S/c1-6-9-12-15-18-20-21-22-24-27-30-37-51-42(48)34-39-52-38-33-41(44(50)45-35-36-47(4)5)46-43(49)40(31-28-25-17-14-11-8-3)32-29-26-23-19-16-13-10-7-2/h40-41H,6-39H2,1-5H3,(H,45,50)(H,46,49). The summed E-state index contributed by atoms with van der Waals surface area (Å²) in [7, 11) is 3.98. The summed E-state index contributed by atoms with van der Waals surface area (Å²) in [6.45, 7) is 8.58. The third-order valence-corrected chi connectivity index (χ3v) is 11.2. The first kappa shape index (κ1) is 50.7. The number of thioether (sulfide) groups is 1. The molecule has 0 aromatic rings. The molecule has 2 N–H and O–H groups in total. The number of esters is 1. The monoisotopic (exact) mass is 754 g/mol. The highest BCUT2D eigenvalue weighted by Gasteiger charge is 2.25. The van der Waals surface area contributed by atoms with E-state index >= 15 is 0 Å². The first-order chi connectivity index (χ1) is 25.3. The molecule has 2 atom stereocenters. The third-order valence-electron chi connectivity index (χ3n) is 10.2. The minimum absolute atomic E-state index is 0.0360. The van der Waals surface area contributed by atoms with Gasteiger partial charge in [0, 0.05) is 24.8 Å². The Morgan fingerprint density at radius 1 is 0.558 bits per heavy atom. The van der Waals surface area contributed by atoms with Crippen molar-refractivity contribution in [2.45, 2.75) is 213 Å². The Bertz CT molecular complexity index is 812. The summed E-state index contributed by atoms with van der Waals surface area (Å²) < 4.78 is 5.48. The van der Waals surface area contributed by atoms with Crippen LogP contribution in [0, 0.1) is 5.92 Å². The zero-order chi connectivity index (χ0) is 38.3. The van der Waals surface area contributed by atoms with Crippen molar-refractivity contribution in [2.24, 2.45) is 5.92 Å². The summed E-state index contributed by atoms with van der Waals surface area (Å²) in [5.74, 6) is 1.14. The summed E-state index contributed by atoms with van der Waals surface area (Å²) in [4.78, 5) is 41.4. The lowest BCUT2D eigenvalue weighted by molar-refractivity contribution is -0.143. The molecular weight excluding hydrogens is 667 g/mol. The van der Waals surface area contributed by atoms with Gasteiger partial charge < -0.3 is 20.3 Å². The first-order valence-corrected chi connectivity index (χ1v) is 23.5. The van der Waals surface area contributed by atoms with Crippen LogP contribution in [-0.4, -0.2) is 74.0 Å². The number of rotatable bonds is 40. The van der Waals surface area contributed by atoms with Crippen LogP contribution in [0.25, 0.3) is 0 Å². The SMILES string of the molecule is CCCCCCCCCCCCCOC(=O)CCSCCC(NC(=O)C(CCCCCCCC)CCCCCCCCCC)C(=O)NCCN(C)C. The van der Waals surface area contributed by atoms with Gasteiger partial charge in [-0.3, -0.25) is 14.4 Å². The molecule has 0 bridgehead atoms. The summed E-state index contributed by atoms with van der Waals surface area (Å²) in [6, 6.07) is -0.555. The van der Waals surface area contributed by atoms with Crippen molar-refractivity contribution in [3.8, 4) is 0 Å². The molecule has 0 aliphatic rings. The second-order valence-electron chi connectivity index (χ2n) is 15.6. The predicted octanol–water partition coefficient (Wildman–Crippen LogP) is 11.4. The van der Waals surface area contributed by atoms with Gasteiger partial charge in [0.2, 0.25) is 11.8 Å². The van der Waals surface area contributed by atoms with E-state index in [1.807, 2.05) is 19.0 Å². The van der Waals surface area contributed by atoms with Gasteiger partial charge in [-0.05, 0) is 45.5 Å². The number of carbonyl (C=O) groups is 3. The van der Waals surface area contributed by atoms with Gasteiger partial charge in [0.05, 0.1) is 13.0 Å². The molecule has 0 rings (SSSR count). The van der Waals surface area contributed by atoms with E-state index in [0.29, 0.717) is 37.5 Å². The van der Waals surface area contributed by atoms with Crippen LogP contribution in [0.4, 0.5) is 0 Å². The number of amides is 2. The smallest absolute Gasteiger partial charge is 0.306 e. The Balaban J connectivity index is 4.70. The lowest BCUT2D eigenvalue weighted by atomic mass is 9.93. The van der Waals surface area contributed by atoms with Gasteiger partial charge in [0.1, 0.15) is 6.04 Å². The highest BCUT2D eigenvalue weighted by molar-refractivity contribution is 7.99. The van der Waals surface area contributed by atoms with E-state index in [9.17, 15) is 14.4 Å². The van der Waals surface area contributed by atoms with Gasteiger partial charge in [0.15, 0.2) is 0 Å². The van der Waals surface area contributed by atoms with Crippen molar-refractivity contribution in [1.82, 2.24) is 15.5 Å². The fraction of sp³-hybridized carbons (Fsp3) is 0.932. The Morgan fingerprint density at radius 3 is 1.46 bits per heavy atom. The zero-order valence-electron chi connectivity index (χ0n) is 35.2. The van der Waals surface area contributed by atoms with Gasteiger partial charge in [-0.1, -0.05) is 175 Å². The number of nitrogens with one attached hydrogen (secondary N) is 2. The van der Waals surface area contributed by atoms with Gasteiger partial charge >= 0.3 is 5.97 Å². The van der Waals surface area contributed by atoms with Gasteiger partial charge in [-0.15, -0.1) is 0 Å². The number of nitrogens with zero attached hydrogens (tertiary/aromatic N) is 1. The van der Waals surface area contributed by atoms with Crippen molar-refractivity contribution < 1.29 is 19.1 Å². The van der Waals surface area contributed by atoms with E-state index in [4.69, 9.17) is 4.74 Å². The van der Waals surface area contributed by atoms with E-state index in [-0.39, 0.29) is 23.7 Å². The molecule has 0 heterocycles.